The second-order valence-corrected chi connectivity index (χ2v) is 7.90. The van der Waals surface area contributed by atoms with Crippen LogP contribution in [0.5, 0.6) is 0 Å². The quantitative estimate of drug-likeness (QED) is 0.636. The number of hydrogen-bond donors (Lipinski definition) is 1. The lowest BCUT2D eigenvalue weighted by Crippen LogP contribution is -2.32. The van der Waals surface area contributed by atoms with Crippen LogP contribution in [0.3, 0.4) is 0 Å². The van der Waals surface area contributed by atoms with Crippen LogP contribution in [0.1, 0.15) is 16.8 Å². The van der Waals surface area contributed by atoms with Gasteiger partial charge in [-0.05, 0) is 54.7 Å². The molecular formula is C22H17ClN2O3. The maximum atomic E-state index is 12.9. The number of imide groups is 1. The SMILES string of the molecule is O=C(Nc1ccccc1Cl)c1ccc(N2C(=O)[C@H]3[C@H](C2=O)[C@@H]2C=C[C@@H]3C2)cc1. The van der Waals surface area contributed by atoms with Crippen molar-refractivity contribution in [3.8, 4) is 0 Å². The van der Waals surface area contributed by atoms with Gasteiger partial charge in [0.05, 0.1) is 28.2 Å². The summed E-state index contributed by atoms with van der Waals surface area (Å²) >= 11 is 6.07. The number of carbonyl (C=O) groups is 3. The van der Waals surface area contributed by atoms with E-state index in [4.69, 9.17) is 11.6 Å². The molecule has 2 fully saturated rings. The van der Waals surface area contributed by atoms with Crippen LogP contribution in [0.15, 0.2) is 60.7 Å². The van der Waals surface area contributed by atoms with Crippen molar-refractivity contribution in [2.45, 2.75) is 6.42 Å². The average molecular weight is 393 g/mol. The van der Waals surface area contributed by atoms with E-state index in [9.17, 15) is 14.4 Å². The van der Waals surface area contributed by atoms with Crippen LogP contribution in [-0.2, 0) is 9.59 Å². The monoisotopic (exact) mass is 392 g/mol. The molecule has 0 spiro atoms. The summed E-state index contributed by atoms with van der Waals surface area (Å²) in [6.07, 6.45) is 5.05. The Labute approximate surface area is 167 Å². The van der Waals surface area contributed by atoms with Crippen LogP contribution in [0.25, 0.3) is 0 Å². The second-order valence-electron chi connectivity index (χ2n) is 7.49. The lowest BCUT2D eigenvalue weighted by molar-refractivity contribution is -0.123. The molecular weight excluding hydrogens is 376 g/mol. The number of nitrogens with zero attached hydrogens (tertiary/aromatic N) is 1. The molecule has 140 valence electrons. The smallest absolute Gasteiger partial charge is 0.255 e. The number of para-hydroxylation sites is 1. The van der Waals surface area contributed by atoms with Crippen molar-refractivity contribution in [3.63, 3.8) is 0 Å². The lowest BCUT2D eigenvalue weighted by atomic mass is 9.85. The van der Waals surface area contributed by atoms with Crippen LogP contribution in [0.4, 0.5) is 11.4 Å². The van der Waals surface area contributed by atoms with Crippen LogP contribution in [0, 0.1) is 23.7 Å². The van der Waals surface area contributed by atoms with Gasteiger partial charge in [0, 0.05) is 5.56 Å². The summed E-state index contributed by atoms with van der Waals surface area (Å²) in [6.45, 7) is 0. The first-order valence-corrected chi connectivity index (χ1v) is 9.64. The topological polar surface area (TPSA) is 66.5 Å². The molecule has 0 unspecified atom stereocenters. The van der Waals surface area contributed by atoms with Gasteiger partial charge in [0.1, 0.15) is 0 Å². The van der Waals surface area contributed by atoms with Gasteiger partial charge in [-0.3, -0.25) is 19.3 Å². The van der Waals surface area contributed by atoms with Crippen LogP contribution in [-0.4, -0.2) is 17.7 Å². The number of allylic oxidation sites excluding steroid dienone is 2. The van der Waals surface area contributed by atoms with E-state index in [1.165, 1.54) is 4.90 Å². The Morgan fingerprint density at radius 2 is 1.54 bits per heavy atom. The third-order valence-electron chi connectivity index (χ3n) is 5.98. The molecule has 2 aromatic rings. The summed E-state index contributed by atoms with van der Waals surface area (Å²) in [6, 6.07) is 13.5. The Kier molecular flexibility index (Phi) is 3.88. The molecule has 0 aromatic heterocycles. The Hall–Kier alpha value is -2.92. The van der Waals surface area contributed by atoms with E-state index in [0.717, 1.165) is 6.42 Å². The lowest BCUT2D eigenvalue weighted by Gasteiger charge is -2.17. The summed E-state index contributed by atoms with van der Waals surface area (Å²) < 4.78 is 0. The zero-order valence-electron chi connectivity index (χ0n) is 14.8. The van der Waals surface area contributed by atoms with Crippen LogP contribution < -0.4 is 10.2 Å². The molecule has 6 heteroatoms. The number of hydrogen-bond acceptors (Lipinski definition) is 3. The van der Waals surface area contributed by atoms with Gasteiger partial charge in [0.25, 0.3) is 5.91 Å². The number of nitrogens with one attached hydrogen (secondary N) is 1. The molecule has 28 heavy (non-hydrogen) atoms. The molecule has 1 heterocycles. The minimum atomic E-state index is -0.308. The Balaban J connectivity index is 1.36. The number of fused-ring (bicyclic) bond motifs is 5. The molecule has 1 N–H and O–H groups in total. The van der Waals surface area contributed by atoms with Crippen molar-refractivity contribution in [2.75, 3.05) is 10.2 Å². The summed E-state index contributed by atoms with van der Waals surface area (Å²) in [5, 5.41) is 3.21. The number of benzene rings is 2. The van der Waals surface area contributed by atoms with Gasteiger partial charge >= 0.3 is 0 Å². The van der Waals surface area contributed by atoms with E-state index in [-0.39, 0.29) is 41.4 Å². The van der Waals surface area contributed by atoms with Crippen molar-refractivity contribution in [1.82, 2.24) is 0 Å². The number of anilines is 2. The molecule has 2 aromatic carbocycles. The molecule has 5 rings (SSSR count). The number of rotatable bonds is 3. The van der Waals surface area contributed by atoms with Gasteiger partial charge < -0.3 is 5.32 Å². The van der Waals surface area contributed by atoms with E-state index in [1.54, 1.807) is 48.5 Å². The van der Waals surface area contributed by atoms with E-state index in [1.807, 2.05) is 0 Å². The standard InChI is InChI=1S/C22H17ClN2O3/c23-16-3-1-2-4-17(16)24-20(26)12-7-9-15(10-8-12)25-21(27)18-13-5-6-14(11-13)19(18)22(25)28/h1-10,13-14,18-19H,11H2,(H,24,26)/t13-,14-,18-,19-/m1/s1. The van der Waals surface area contributed by atoms with E-state index >= 15 is 0 Å². The van der Waals surface area contributed by atoms with Crippen LogP contribution in [0.2, 0.25) is 5.02 Å². The number of carbonyl (C=O) groups excluding carboxylic acids is 3. The maximum Gasteiger partial charge on any atom is 0.255 e. The number of amides is 3. The molecule has 2 aliphatic carbocycles. The van der Waals surface area contributed by atoms with Crippen molar-refractivity contribution in [1.29, 1.82) is 0 Å². The van der Waals surface area contributed by atoms with Gasteiger partial charge in [0.2, 0.25) is 11.8 Å². The van der Waals surface area contributed by atoms with Gasteiger partial charge in [0.15, 0.2) is 0 Å². The van der Waals surface area contributed by atoms with E-state index < -0.39 is 0 Å². The van der Waals surface area contributed by atoms with Gasteiger partial charge in [-0.1, -0.05) is 35.9 Å². The summed E-state index contributed by atoms with van der Waals surface area (Å²) in [4.78, 5) is 39.5. The highest BCUT2D eigenvalue weighted by atomic mass is 35.5. The third kappa shape index (κ3) is 2.50. The minimum absolute atomic E-state index is 0.125. The predicted octanol–water partition coefficient (Wildman–Crippen LogP) is 3.90. The van der Waals surface area contributed by atoms with Crippen molar-refractivity contribution >= 4 is 40.7 Å². The summed E-state index contributed by atoms with van der Waals surface area (Å²) in [7, 11) is 0. The minimum Gasteiger partial charge on any atom is -0.321 e. The van der Waals surface area contributed by atoms with E-state index in [2.05, 4.69) is 17.5 Å². The molecule has 1 saturated carbocycles. The molecule has 2 bridgehead atoms. The molecule has 4 atom stereocenters. The maximum absolute atomic E-state index is 12.9. The van der Waals surface area contributed by atoms with Crippen molar-refractivity contribution in [3.05, 3.63) is 71.3 Å². The first kappa shape index (κ1) is 17.2. The first-order chi connectivity index (χ1) is 13.5. The van der Waals surface area contributed by atoms with Crippen molar-refractivity contribution in [2.24, 2.45) is 23.7 Å². The molecule has 5 nitrogen and oxygen atoms in total. The Morgan fingerprint density at radius 1 is 0.929 bits per heavy atom. The van der Waals surface area contributed by atoms with Crippen LogP contribution >= 0.6 is 11.6 Å². The Morgan fingerprint density at radius 3 is 2.14 bits per heavy atom. The van der Waals surface area contributed by atoms with Crippen molar-refractivity contribution < 1.29 is 14.4 Å². The highest BCUT2D eigenvalue weighted by Gasteiger charge is 2.59. The predicted molar refractivity (Wildman–Crippen MR) is 106 cm³/mol. The molecule has 3 amide bonds. The molecule has 1 aliphatic heterocycles. The zero-order valence-corrected chi connectivity index (χ0v) is 15.6. The highest BCUT2D eigenvalue weighted by molar-refractivity contribution is 6.33. The fourth-order valence-corrected chi connectivity index (χ4v) is 4.86. The van der Waals surface area contributed by atoms with Gasteiger partial charge in [-0.2, -0.15) is 0 Å². The fraction of sp³-hybridized carbons (Fsp3) is 0.227. The number of halogens is 1. The van der Waals surface area contributed by atoms with Gasteiger partial charge in [-0.25, -0.2) is 0 Å². The highest BCUT2D eigenvalue weighted by Crippen LogP contribution is 2.53. The summed E-state index contributed by atoms with van der Waals surface area (Å²) in [5.74, 6) is -0.663. The average Bonchev–Trinajstić information content (AvgIpc) is 3.38. The normalized spacial score (nSPS) is 27.4. The van der Waals surface area contributed by atoms with Gasteiger partial charge in [-0.15, -0.1) is 0 Å². The third-order valence-corrected chi connectivity index (χ3v) is 6.31. The zero-order chi connectivity index (χ0) is 19.4. The Bertz CT molecular complexity index is 1000. The van der Waals surface area contributed by atoms with E-state index in [0.29, 0.717) is 22.0 Å². The molecule has 3 aliphatic rings. The summed E-state index contributed by atoms with van der Waals surface area (Å²) in [5.41, 5.74) is 1.46. The second kappa shape index (κ2) is 6.31. The fourth-order valence-electron chi connectivity index (χ4n) is 4.68. The largest absolute Gasteiger partial charge is 0.321 e. The first-order valence-electron chi connectivity index (χ1n) is 9.26. The molecule has 0 radical (unpaired) electrons. The molecule has 1 saturated heterocycles.